The molecule has 296 valence electrons. The molecule has 0 saturated carbocycles. The molecule has 57 heavy (non-hydrogen) atoms. The van der Waals surface area contributed by atoms with Gasteiger partial charge in [-0.2, -0.15) is 48.3 Å². The third kappa shape index (κ3) is 7.29. The van der Waals surface area contributed by atoms with Crippen molar-refractivity contribution in [3.8, 4) is 23.0 Å². The van der Waals surface area contributed by atoms with Crippen molar-refractivity contribution in [1.82, 2.24) is 0 Å². The molecule has 20 heteroatoms. The number of hydrogen-bond acceptors (Lipinski definition) is 6. The first kappa shape index (κ1) is 40.1. The summed E-state index contributed by atoms with van der Waals surface area (Å²) in [5.74, 6) is -13.1. The van der Waals surface area contributed by atoms with Gasteiger partial charge >= 0.3 is 24.5 Å². The molecular formula is C37H18F12N2O6. The predicted molar refractivity (Wildman–Crippen MR) is 172 cm³/mol. The van der Waals surface area contributed by atoms with Crippen molar-refractivity contribution in [2.24, 2.45) is 0 Å². The van der Waals surface area contributed by atoms with Crippen LogP contribution in [0.1, 0.15) is 22.3 Å². The van der Waals surface area contributed by atoms with E-state index in [0.717, 1.165) is 36.4 Å². The van der Waals surface area contributed by atoms with Gasteiger partial charge in [0.2, 0.25) is 5.67 Å². The first-order chi connectivity index (χ1) is 26.4. The van der Waals surface area contributed by atoms with E-state index in [9.17, 15) is 58.7 Å². The lowest BCUT2D eigenvalue weighted by Gasteiger charge is -2.35. The number of amides is 4. The van der Waals surface area contributed by atoms with Crippen molar-refractivity contribution in [1.29, 1.82) is 0 Å². The van der Waals surface area contributed by atoms with Gasteiger partial charge in [-0.3, -0.25) is 19.2 Å². The second kappa shape index (κ2) is 13.9. The highest BCUT2D eigenvalue weighted by molar-refractivity contribution is 6.28. The van der Waals surface area contributed by atoms with Gasteiger partial charge < -0.3 is 9.47 Å². The highest BCUT2D eigenvalue weighted by Crippen LogP contribution is 2.55. The Balaban J connectivity index is 1.31. The predicted octanol–water partition coefficient (Wildman–Crippen LogP) is 9.58. The summed E-state index contributed by atoms with van der Waals surface area (Å²) in [6, 6.07) is 7.82. The van der Waals surface area contributed by atoms with Crippen LogP contribution < -0.4 is 19.3 Å². The van der Waals surface area contributed by atoms with Crippen LogP contribution in [-0.2, 0) is 37.2 Å². The highest BCUT2D eigenvalue weighted by Gasteiger charge is 2.72. The zero-order chi connectivity index (χ0) is 41.9. The third-order valence-electron chi connectivity index (χ3n) is 8.42. The van der Waals surface area contributed by atoms with Crippen molar-refractivity contribution in [3.63, 3.8) is 0 Å². The van der Waals surface area contributed by atoms with E-state index >= 15 is 13.2 Å². The van der Waals surface area contributed by atoms with Crippen LogP contribution in [0.5, 0.6) is 23.0 Å². The lowest BCUT2D eigenvalue weighted by Crippen LogP contribution is -2.53. The van der Waals surface area contributed by atoms with E-state index in [1.807, 2.05) is 0 Å². The Bertz CT molecular complexity index is 2160. The number of ether oxygens (including phenoxy) is 2. The van der Waals surface area contributed by atoms with E-state index in [1.165, 1.54) is 0 Å². The Morgan fingerprint density at radius 1 is 0.421 bits per heavy atom. The van der Waals surface area contributed by atoms with Gasteiger partial charge in [0, 0.05) is 35.4 Å². The fourth-order valence-corrected chi connectivity index (χ4v) is 5.73. The van der Waals surface area contributed by atoms with E-state index in [4.69, 9.17) is 9.47 Å². The minimum Gasteiger partial charge on any atom is -0.457 e. The number of anilines is 2. The largest absolute Gasteiger partial charge is 0.457 e. The lowest BCUT2D eigenvalue weighted by atomic mass is 9.82. The first-order valence-electron chi connectivity index (χ1n) is 15.7. The van der Waals surface area contributed by atoms with Gasteiger partial charge in [0.1, 0.15) is 34.1 Å². The maximum atomic E-state index is 16.6. The Hall–Kier alpha value is -6.60. The van der Waals surface area contributed by atoms with Gasteiger partial charge in [0.15, 0.2) is 0 Å². The number of carbonyl (C=O) groups excluding carboxylic acids is 4. The quantitative estimate of drug-likeness (QED) is 0.124. The van der Waals surface area contributed by atoms with Crippen LogP contribution in [-0.4, -0.2) is 35.7 Å². The molecule has 0 saturated heterocycles. The monoisotopic (exact) mass is 814 g/mol. The maximum Gasteiger partial charge on any atom is 0.457 e. The third-order valence-corrected chi connectivity index (χ3v) is 8.42. The number of carbonyl (C=O) groups is 4. The first-order valence-corrected chi connectivity index (χ1v) is 15.7. The highest BCUT2D eigenvalue weighted by atomic mass is 19.4. The molecule has 0 unspecified atom stereocenters. The van der Waals surface area contributed by atoms with Gasteiger partial charge in [0.05, 0.1) is 11.4 Å². The molecule has 0 fully saturated rings. The minimum atomic E-state index is -6.56. The van der Waals surface area contributed by atoms with Gasteiger partial charge in [-0.1, -0.05) is 24.3 Å². The molecule has 0 N–H and O–H groups in total. The molecule has 0 aromatic heterocycles. The molecule has 2 aliphatic heterocycles. The number of alkyl halides is 12. The summed E-state index contributed by atoms with van der Waals surface area (Å²) in [7, 11) is 0. The number of nitrogens with zero attached hydrogens (tertiary/aromatic N) is 2. The summed E-state index contributed by atoms with van der Waals surface area (Å²) in [4.78, 5) is 48.7. The summed E-state index contributed by atoms with van der Waals surface area (Å²) >= 11 is 0. The van der Waals surface area contributed by atoms with Crippen molar-refractivity contribution >= 4 is 35.0 Å². The standard InChI is InChI=1S/C37H18F12N2O6/c38-33(36(45,46)37(47,48)49,19-1-7-23(8-2-19)56-27-11-5-21(17-25(27)34(39,40)41)50-29(52)13-14-30(50)53)20-3-9-24(10-4-20)57-28-12-6-22(18-26(28)35(42,43)44)51-31(54)15-16-32(51)55/h1-18H. The molecule has 0 aliphatic carbocycles. The smallest absolute Gasteiger partial charge is 0.457 e. The average Bonchev–Trinajstić information content (AvgIpc) is 3.65. The minimum absolute atomic E-state index is 0.372. The number of halogens is 12. The molecule has 6 rings (SSSR count). The molecule has 2 heterocycles. The zero-order valence-corrected chi connectivity index (χ0v) is 27.8. The summed E-state index contributed by atoms with van der Waals surface area (Å²) in [6.07, 6.45) is -13.6. The summed E-state index contributed by atoms with van der Waals surface area (Å²) in [5.41, 5.74) is -11.6. The average molecular weight is 815 g/mol. The van der Waals surface area contributed by atoms with Crippen LogP contribution in [0.4, 0.5) is 64.1 Å². The van der Waals surface area contributed by atoms with Crippen molar-refractivity contribution in [2.45, 2.75) is 30.1 Å². The molecule has 8 nitrogen and oxygen atoms in total. The van der Waals surface area contributed by atoms with Crippen molar-refractivity contribution in [3.05, 3.63) is 131 Å². The van der Waals surface area contributed by atoms with E-state index in [1.54, 1.807) is 0 Å². The van der Waals surface area contributed by atoms with Crippen LogP contribution in [0, 0.1) is 0 Å². The number of imide groups is 2. The Kier molecular flexibility index (Phi) is 9.74. The number of benzene rings is 4. The normalized spacial score (nSPS) is 15.3. The summed E-state index contributed by atoms with van der Waals surface area (Å²) < 4.78 is 182. The van der Waals surface area contributed by atoms with E-state index in [-0.39, 0.29) is 0 Å². The summed E-state index contributed by atoms with van der Waals surface area (Å²) in [5, 5.41) is 0. The fourth-order valence-electron chi connectivity index (χ4n) is 5.73. The molecule has 0 bridgehead atoms. The van der Waals surface area contributed by atoms with Gasteiger partial charge in [-0.15, -0.1) is 0 Å². The molecule has 4 aromatic rings. The Morgan fingerprint density at radius 3 is 1.02 bits per heavy atom. The summed E-state index contributed by atoms with van der Waals surface area (Å²) in [6.45, 7) is 0. The fraction of sp³-hybridized carbons (Fsp3) is 0.135. The number of rotatable bonds is 9. The second-order valence-corrected chi connectivity index (χ2v) is 12.0. The molecular weight excluding hydrogens is 796 g/mol. The maximum absolute atomic E-state index is 16.6. The SMILES string of the molecule is O=C1C=CC(=O)N1c1ccc(Oc2ccc(C(F)(c3ccc(Oc4ccc(N5C(=O)C=CC5=O)cc4C(F)(F)F)cc3)C(F)(F)C(F)(F)F)cc2)c(C(F)(F)F)c1. The van der Waals surface area contributed by atoms with Gasteiger partial charge in [0.25, 0.3) is 23.6 Å². The van der Waals surface area contributed by atoms with Crippen molar-refractivity contribution in [2.75, 3.05) is 9.80 Å². The Morgan fingerprint density at radius 2 is 0.737 bits per heavy atom. The van der Waals surface area contributed by atoms with E-state index in [2.05, 4.69) is 0 Å². The topological polar surface area (TPSA) is 93.2 Å². The molecule has 2 aliphatic rings. The number of hydrogen-bond donors (Lipinski definition) is 0. The molecule has 0 atom stereocenters. The molecule has 4 amide bonds. The molecule has 0 radical (unpaired) electrons. The lowest BCUT2D eigenvalue weighted by molar-refractivity contribution is -0.323. The van der Waals surface area contributed by atoms with Crippen molar-refractivity contribution < 1.29 is 81.3 Å². The van der Waals surface area contributed by atoms with Gasteiger partial charge in [-0.05, 0) is 60.7 Å². The second-order valence-electron chi connectivity index (χ2n) is 12.0. The van der Waals surface area contributed by atoms with Crippen LogP contribution in [0.15, 0.2) is 109 Å². The molecule has 4 aromatic carbocycles. The van der Waals surface area contributed by atoms with Crippen LogP contribution in [0.25, 0.3) is 0 Å². The zero-order valence-electron chi connectivity index (χ0n) is 27.8. The van der Waals surface area contributed by atoms with Crippen LogP contribution >= 0.6 is 0 Å². The van der Waals surface area contributed by atoms with Crippen LogP contribution in [0.2, 0.25) is 0 Å². The Labute approximate surface area is 310 Å². The van der Waals surface area contributed by atoms with E-state index in [0.29, 0.717) is 82.6 Å². The van der Waals surface area contributed by atoms with E-state index < -0.39 is 110 Å². The van der Waals surface area contributed by atoms with Gasteiger partial charge in [-0.25, -0.2) is 14.2 Å². The van der Waals surface area contributed by atoms with Crippen LogP contribution in [0.3, 0.4) is 0 Å². The molecule has 0 spiro atoms.